The van der Waals surface area contributed by atoms with Crippen molar-refractivity contribution in [3.63, 3.8) is 0 Å². The summed E-state index contributed by atoms with van der Waals surface area (Å²) in [6.45, 7) is 23.0. The Kier molecular flexibility index (Phi) is 65.0. The van der Waals surface area contributed by atoms with Gasteiger partial charge in [-0.3, -0.25) is 0 Å². The molecule has 0 radical (unpaired) electrons. The third-order valence-electron chi connectivity index (χ3n) is 22.6. The van der Waals surface area contributed by atoms with Crippen LogP contribution < -0.4 is 0 Å². The van der Waals surface area contributed by atoms with Gasteiger partial charge in [0.05, 0.1) is 0 Å². The quantitative estimate of drug-likeness (QED) is 0.0358. The molecule has 1 heterocycles. The number of unbranched alkanes of at least 4 members (excludes halogenated alkanes) is 58. The zero-order chi connectivity index (χ0) is 71.5. The summed E-state index contributed by atoms with van der Waals surface area (Å²) in [4.78, 5) is 0. The molecule has 2 aromatic carbocycles. The Balaban J connectivity index is 0.000000674. The predicted molar refractivity (Wildman–Crippen MR) is 445 cm³/mol. The van der Waals surface area contributed by atoms with Gasteiger partial charge in [0.2, 0.25) is 11.4 Å². The average Bonchev–Trinajstić information content (AvgIpc) is 1.60. The molecule has 3 rings (SSSR count). The smallest absolute Gasteiger partial charge is 0.0654 e. The molecule has 0 bridgehead atoms. The van der Waals surface area contributed by atoms with Crippen molar-refractivity contribution in [2.45, 2.75) is 517 Å². The zero-order valence-electron chi connectivity index (χ0n) is 69.0. The van der Waals surface area contributed by atoms with Crippen LogP contribution in [0, 0.1) is 27.7 Å². The van der Waals surface area contributed by atoms with E-state index in [0.29, 0.717) is 0 Å². The minimum atomic E-state index is 1.02. The van der Waals surface area contributed by atoms with Crippen molar-refractivity contribution >= 4 is 11.4 Å². The Bertz CT molecular complexity index is 2120. The minimum absolute atomic E-state index is 1.02. The first-order chi connectivity index (χ1) is 48.7. The zero-order valence-corrected chi connectivity index (χ0v) is 70.0. The molecule has 2 nitrogen and oxygen atoms in total. The van der Waals surface area contributed by atoms with Gasteiger partial charge in [-0.25, -0.2) is 4.70 Å². The molecular formula is C96H174N2Ni. The van der Waals surface area contributed by atoms with Gasteiger partial charge in [0, 0.05) is 22.3 Å². The number of hydrogen-bond acceptors (Lipinski definition) is 0. The van der Waals surface area contributed by atoms with Gasteiger partial charge in [0.1, 0.15) is 0 Å². The molecule has 578 valence electrons. The predicted octanol–water partition coefficient (Wildman–Crippen LogP) is 34.9. The van der Waals surface area contributed by atoms with E-state index in [0.717, 1.165) is 49.9 Å². The van der Waals surface area contributed by atoms with Crippen LogP contribution >= 0.6 is 0 Å². The maximum atomic E-state index is 12.4. The van der Waals surface area contributed by atoms with Crippen molar-refractivity contribution in [3.05, 3.63) is 85.5 Å². The fourth-order valence-corrected chi connectivity index (χ4v) is 17.3. The van der Waals surface area contributed by atoms with Crippen molar-refractivity contribution in [2.24, 2.45) is 0 Å². The summed E-state index contributed by atoms with van der Waals surface area (Å²) in [6.07, 6.45) is 95.5. The van der Waals surface area contributed by atoms with Gasteiger partial charge in [-0.2, -0.15) is 0 Å². The molecule has 0 aromatic heterocycles. The maximum absolute atomic E-state index is 12.4. The monoisotopic (exact) mass is 1410 g/mol. The summed E-state index contributed by atoms with van der Waals surface area (Å²) in [5.74, 6) is 0. The second kappa shape index (κ2) is 69.1. The molecule has 2 aromatic rings. The molecule has 0 aliphatic carbocycles. The number of hydrogen-bond donors (Lipinski definition) is 0. The molecule has 1 aliphatic rings. The Hall–Kier alpha value is -1.99. The summed E-state index contributed by atoms with van der Waals surface area (Å²) < 4.78 is 1.63. The fraction of sp³-hybridized carbons (Fsp3) is 0.833. The topological polar surface area (TPSA) is 25.3 Å². The minimum Gasteiger partial charge on any atom is -0.0654 e. The number of allylic oxidation sites excluding steroid dienone is 2. The van der Waals surface area contributed by atoms with E-state index in [1.807, 2.05) is 0 Å². The molecule has 0 spiro atoms. The van der Waals surface area contributed by atoms with Crippen molar-refractivity contribution in [1.82, 2.24) is 0 Å². The van der Waals surface area contributed by atoms with Crippen LogP contribution in [0.3, 0.4) is 0 Å². The van der Waals surface area contributed by atoms with Gasteiger partial charge in [0.15, 0.2) is 0 Å². The van der Waals surface area contributed by atoms with E-state index in [1.54, 1.807) is 4.70 Å². The first kappa shape index (κ1) is 93.1. The van der Waals surface area contributed by atoms with Crippen LogP contribution in [-0.2, 0) is 27.3 Å². The van der Waals surface area contributed by atoms with Crippen LogP contribution in [0.25, 0.3) is 16.9 Å². The van der Waals surface area contributed by atoms with Crippen LogP contribution in [0.4, 0.5) is 0 Å². The standard InChI is InChI=1S/C48H76N2.2C24H49.Ni/c1-9-13-17-20-23-26-30-43-37(5)33-41(34-38(43)6)47-45(29-16-12-4)46(32-28-25-22-19-15-11-3)48(50(47)49)42-35-39(7)44(40(8)36-42)31-27-24-21-18-14-10-2;2*1-3-5-7-9-11-13-15-17-19-21-23-24-22-20-18-16-14-12-10-8-6-4-2;/h33-36H,9-32H2,1-8H3;2*1,3-24H2,2H3;. The molecule has 0 atom stereocenters. The van der Waals surface area contributed by atoms with Gasteiger partial charge in [-0.1, -0.05) is 286 Å². The molecule has 99 heavy (non-hydrogen) atoms. The molecule has 3 heteroatoms. The van der Waals surface area contributed by atoms with Crippen LogP contribution in [0.15, 0.2) is 35.4 Å². The summed E-state index contributed by atoms with van der Waals surface area (Å²) >= 11 is 2.05. The second-order valence-electron chi connectivity index (χ2n) is 32.1. The molecule has 0 saturated carbocycles. The van der Waals surface area contributed by atoms with E-state index in [1.165, 1.54) is 465 Å². The third-order valence-corrected chi connectivity index (χ3v) is 24.0. The Morgan fingerprint density at radius 2 is 0.394 bits per heavy atom. The molecule has 0 saturated heterocycles. The second-order valence-corrected chi connectivity index (χ2v) is 33.6. The number of aryl methyl sites for hydroxylation is 4. The summed E-state index contributed by atoms with van der Waals surface area (Å²) in [7, 11) is 0. The van der Waals surface area contributed by atoms with Crippen LogP contribution in [0.2, 0.25) is 10.8 Å². The van der Waals surface area contributed by atoms with Gasteiger partial charge in [-0.15, -0.1) is 0 Å². The van der Waals surface area contributed by atoms with Crippen LogP contribution in [0.5, 0.6) is 0 Å². The number of rotatable bonds is 72. The molecule has 1 aliphatic heterocycles. The Morgan fingerprint density at radius 3 is 0.606 bits per heavy atom. The number of nitrogens with zero attached hydrogens (tertiary/aromatic N) is 2. The average molecular weight is 1420 g/mol. The summed E-state index contributed by atoms with van der Waals surface area (Å²) in [6, 6.07) is 9.55. The normalized spacial score (nSPS) is 12.6. The Morgan fingerprint density at radius 1 is 0.222 bits per heavy atom. The molecule has 0 unspecified atom stereocenters. The first-order valence-corrected chi connectivity index (χ1v) is 46.7. The van der Waals surface area contributed by atoms with E-state index >= 15 is 0 Å². The van der Waals surface area contributed by atoms with E-state index in [9.17, 15) is 5.53 Å². The van der Waals surface area contributed by atoms with E-state index < -0.39 is 0 Å². The summed E-state index contributed by atoms with van der Waals surface area (Å²) in [5.41, 5.74) is 28.1. The molecule has 0 amide bonds. The summed E-state index contributed by atoms with van der Waals surface area (Å²) in [5, 5.41) is 2.87. The number of benzene rings is 2. The van der Waals surface area contributed by atoms with Crippen molar-refractivity contribution in [1.29, 1.82) is 0 Å². The van der Waals surface area contributed by atoms with Crippen molar-refractivity contribution < 1.29 is 19.1 Å². The van der Waals surface area contributed by atoms with E-state index in [4.69, 9.17) is 0 Å². The van der Waals surface area contributed by atoms with Crippen molar-refractivity contribution in [2.75, 3.05) is 0 Å². The van der Waals surface area contributed by atoms with Gasteiger partial charge in [0.25, 0.3) is 0 Å². The molecule has 0 fully saturated rings. The van der Waals surface area contributed by atoms with Crippen LogP contribution in [0.1, 0.15) is 510 Å². The van der Waals surface area contributed by atoms with Gasteiger partial charge >= 0.3 is 166 Å². The fourth-order valence-electron chi connectivity index (χ4n) is 16.0. The van der Waals surface area contributed by atoms with Crippen molar-refractivity contribution in [3.8, 4) is 0 Å². The van der Waals surface area contributed by atoms with Gasteiger partial charge in [-0.05, 0) is 137 Å². The Labute approximate surface area is 628 Å². The molecule has 0 N–H and O–H groups in total. The first-order valence-electron chi connectivity index (χ1n) is 45.3. The SMILES string of the molecule is CCCCCCCCC1=C(c2cc(C)c(CCCCCCCC)c(C)c2)[N+](=[N-])C(c2cc(C)c(CCCCCCCC)c(C)c2)=C1CCCC.CCCCCCCCCCCCCCCCCCCCCCC[CH2][Ni][CH2]CCCCCCCCCCCCCCCCCCCCCCC. The molecular weight excluding hydrogens is 1240 g/mol. The van der Waals surface area contributed by atoms with E-state index in [-0.39, 0.29) is 0 Å². The third kappa shape index (κ3) is 48.7. The van der Waals surface area contributed by atoms with Gasteiger partial charge < -0.3 is 5.53 Å². The van der Waals surface area contributed by atoms with Crippen LogP contribution in [-0.4, -0.2) is 4.70 Å². The van der Waals surface area contributed by atoms with E-state index in [2.05, 4.69) is 108 Å².